The molecule has 1 N–H and O–H groups in total. The van der Waals surface area contributed by atoms with Crippen LogP contribution < -0.4 is 10.1 Å². The van der Waals surface area contributed by atoms with Gasteiger partial charge in [-0.3, -0.25) is 0 Å². The quantitative estimate of drug-likeness (QED) is 0.906. The molecular weight excluding hydrogens is 238 g/mol. The first-order valence-corrected chi connectivity index (χ1v) is 6.93. The number of rotatable bonds is 4. The van der Waals surface area contributed by atoms with Gasteiger partial charge in [0, 0.05) is 19.6 Å². The van der Waals surface area contributed by atoms with Gasteiger partial charge in [-0.25, -0.2) is 0 Å². The van der Waals surface area contributed by atoms with Gasteiger partial charge in [0.2, 0.25) is 0 Å². The summed E-state index contributed by atoms with van der Waals surface area (Å²) in [5.74, 6) is 0.939. The lowest BCUT2D eigenvalue weighted by Gasteiger charge is -2.43. The normalized spacial score (nSPS) is 26.9. The summed E-state index contributed by atoms with van der Waals surface area (Å²) in [6, 6.07) is 8.78. The van der Waals surface area contributed by atoms with Gasteiger partial charge in [0.1, 0.15) is 18.0 Å². The van der Waals surface area contributed by atoms with Crippen molar-refractivity contribution >= 4 is 0 Å². The lowest BCUT2D eigenvalue weighted by atomic mass is 9.85. The lowest BCUT2D eigenvalue weighted by molar-refractivity contribution is -0.0869. The molecule has 1 aliphatic carbocycles. The van der Waals surface area contributed by atoms with Crippen LogP contribution in [0.3, 0.4) is 0 Å². The van der Waals surface area contributed by atoms with Crippen LogP contribution in [0.1, 0.15) is 32.8 Å². The van der Waals surface area contributed by atoms with Gasteiger partial charge >= 0.3 is 0 Å². The van der Waals surface area contributed by atoms with Crippen molar-refractivity contribution in [3.05, 3.63) is 29.8 Å². The van der Waals surface area contributed by atoms with Crippen LogP contribution >= 0.6 is 0 Å². The summed E-state index contributed by atoms with van der Waals surface area (Å²) in [5.41, 5.74) is 1.44. The highest BCUT2D eigenvalue weighted by Gasteiger charge is 2.42. The van der Waals surface area contributed by atoms with Crippen LogP contribution in [0.5, 0.6) is 5.75 Å². The molecule has 2 rings (SSSR count). The van der Waals surface area contributed by atoms with Gasteiger partial charge in [0.25, 0.3) is 0 Å². The molecule has 0 bridgehead atoms. The maximum Gasteiger partial charge on any atom is 0.128 e. The molecule has 0 heterocycles. The number of methoxy groups -OCH3 is 1. The van der Waals surface area contributed by atoms with Crippen LogP contribution in [0.25, 0.3) is 0 Å². The van der Waals surface area contributed by atoms with E-state index in [1.54, 1.807) is 7.11 Å². The average Bonchev–Trinajstić information content (AvgIpc) is 2.34. The Labute approximate surface area is 116 Å². The second kappa shape index (κ2) is 5.51. The molecule has 3 heteroatoms. The van der Waals surface area contributed by atoms with E-state index in [1.165, 1.54) is 5.56 Å². The van der Waals surface area contributed by atoms with Crippen molar-refractivity contribution < 1.29 is 9.47 Å². The molecule has 3 atom stereocenters. The van der Waals surface area contributed by atoms with Gasteiger partial charge in [-0.05, 0) is 30.2 Å². The third-order valence-electron chi connectivity index (χ3n) is 3.88. The maximum absolute atomic E-state index is 6.06. The molecule has 0 radical (unpaired) electrons. The molecule has 0 aromatic heterocycles. The molecule has 1 aromatic rings. The minimum Gasteiger partial charge on any atom is -0.488 e. The number of hydrogen-bond donors (Lipinski definition) is 1. The van der Waals surface area contributed by atoms with Gasteiger partial charge in [-0.2, -0.15) is 0 Å². The third kappa shape index (κ3) is 3.10. The van der Waals surface area contributed by atoms with Crippen LogP contribution in [0, 0.1) is 0 Å². The fourth-order valence-corrected chi connectivity index (χ4v) is 2.51. The van der Waals surface area contributed by atoms with E-state index in [0.29, 0.717) is 6.04 Å². The molecule has 1 saturated carbocycles. The standard InChI is InChI=1S/C16H25NO2/c1-16(2,3)11-7-6-8-12(9-11)19-14-10-13(17-4)15(14)18-5/h6-9,13-15,17H,10H2,1-5H3. The minimum atomic E-state index is 0.142. The molecule has 106 valence electrons. The van der Waals surface area contributed by atoms with E-state index in [2.05, 4.69) is 44.3 Å². The number of likely N-dealkylation sites (N-methyl/N-ethyl adjacent to an activating group) is 1. The summed E-state index contributed by atoms with van der Waals surface area (Å²) in [5, 5.41) is 3.25. The molecule has 3 nitrogen and oxygen atoms in total. The number of hydrogen-bond acceptors (Lipinski definition) is 3. The summed E-state index contributed by atoms with van der Waals surface area (Å²) >= 11 is 0. The van der Waals surface area contributed by atoms with Crippen LogP contribution in [-0.4, -0.2) is 32.4 Å². The smallest absolute Gasteiger partial charge is 0.128 e. The molecule has 1 aliphatic rings. The van der Waals surface area contributed by atoms with Gasteiger partial charge in [-0.1, -0.05) is 32.9 Å². The summed E-state index contributed by atoms with van der Waals surface area (Å²) < 4.78 is 11.5. The Bertz CT molecular complexity index is 425. The number of benzene rings is 1. The van der Waals surface area contributed by atoms with E-state index in [-0.39, 0.29) is 17.6 Å². The molecule has 0 aliphatic heterocycles. The van der Waals surface area contributed by atoms with Crippen molar-refractivity contribution in [1.29, 1.82) is 0 Å². The maximum atomic E-state index is 6.06. The van der Waals surface area contributed by atoms with Gasteiger partial charge in [0.15, 0.2) is 0 Å². The highest BCUT2D eigenvalue weighted by Crippen LogP contribution is 2.31. The van der Waals surface area contributed by atoms with Crippen LogP contribution in [0.2, 0.25) is 0 Å². The zero-order chi connectivity index (χ0) is 14.0. The number of ether oxygens (including phenoxy) is 2. The Morgan fingerprint density at radius 1 is 1.26 bits per heavy atom. The summed E-state index contributed by atoms with van der Waals surface area (Å²) in [6.45, 7) is 6.64. The molecule has 0 amide bonds. The van der Waals surface area contributed by atoms with Crippen LogP contribution in [0.4, 0.5) is 0 Å². The van der Waals surface area contributed by atoms with Gasteiger partial charge < -0.3 is 14.8 Å². The first-order valence-electron chi connectivity index (χ1n) is 6.93. The molecule has 0 saturated heterocycles. The van der Waals surface area contributed by atoms with Gasteiger partial charge in [0.05, 0.1) is 0 Å². The third-order valence-corrected chi connectivity index (χ3v) is 3.88. The Kier molecular flexibility index (Phi) is 4.16. The largest absolute Gasteiger partial charge is 0.488 e. The van der Waals surface area contributed by atoms with Crippen molar-refractivity contribution in [3.8, 4) is 5.75 Å². The zero-order valence-corrected chi connectivity index (χ0v) is 12.6. The molecule has 1 fully saturated rings. The summed E-state index contributed by atoms with van der Waals surface area (Å²) in [4.78, 5) is 0. The summed E-state index contributed by atoms with van der Waals surface area (Å²) in [7, 11) is 3.71. The Morgan fingerprint density at radius 3 is 2.58 bits per heavy atom. The Hall–Kier alpha value is -1.06. The minimum absolute atomic E-state index is 0.142. The number of nitrogens with one attached hydrogen (secondary N) is 1. The highest BCUT2D eigenvalue weighted by atomic mass is 16.5. The highest BCUT2D eigenvalue weighted by molar-refractivity contribution is 5.33. The van der Waals surface area contributed by atoms with Crippen LogP contribution in [-0.2, 0) is 10.2 Å². The predicted octanol–water partition coefficient (Wildman–Crippen LogP) is 2.74. The van der Waals surface area contributed by atoms with Crippen molar-refractivity contribution in [2.75, 3.05) is 14.2 Å². The van der Waals surface area contributed by atoms with E-state index in [1.807, 2.05) is 13.1 Å². The average molecular weight is 263 g/mol. The van der Waals surface area contributed by atoms with Crippen LogP contribution in [0.15, 0.2) is 24.3 Å². The molecular formula is C16H25NO2. The molecule has 3 unspecified atom stereocenters. The van der Waals surface area contributed by atoms with E-state index in [9.17, 15) is 0 Å². The summed E-state index contributed by atoms with van der Waals surface area (Å²) in [6.07, 6.45) is 1.29. The first kappa shape index (κ1) is 14.4. The van der Waals surface area contributed by atoms with Gasteiger partial charge in [-0.15, -0.1) is 0 Å². The topological polar surface area (TPSA) is 30.5 Å². The Morgan fingerprint density at radius 2 is 2.00 bits per heavy atom. The second-order valence-electron chi connectivity index (χ2n) is 6.27. The first-order chi connectivity index (χ1) is 8.95. The van der Waals surface area contributed by atoms with Crippen molar-refractivity contribution in [1.82, 2.24) is 5.32 Å². The second-order valence-corrected chi connectivity index (χ2v) is 6.27. The van der Waals surface area contributed by atoms with Crippen molar-refractivity contribution in [3.63, 3.8) is 0 Å². The fourth-order valence-electron chi connectivity index (χ4n) is 2.51. The SMILES string of the molecule is CNC1CC(Oc2cccc(C(C)(C)C)c2)C1OC. The molecule has 19 heavy (non-hydrogen) atoms. The predicted molar refractivity (Wildman–Crippen MR) is 77.8 cm³/mol. The lowest BCUT2D eigenvalue weighted by Crippen LogP contribution is -2.60. The molecule has 1 aromatic carbocycles. The monoisotopic (exact) mass is 263 g/mol. The van der Waals surface area contributed by atoms with E-state index in [4.69, 9.17) is 9.47 Å². The van der Waals surface area contributed by atoms with Crippen molar-refractivity contribution in [2.24, 2.45) is 0 Å². The van der Waals surface area contributed by atoms with E-state index in [0.717, 1.165) is 12.2 Å². The van der Waals surface area contributed by atoms with E-state index < -0.39 is 0 Å². The fraction of sp³-hybridized carbons (Fsp3) is 0.625. The van der Waals surface area contributed by atoms with E-state index >= 15 is 0 Å². The Balaban J connectivity index is 2.04. The zero-order valence-electron chi connectivity index (χ0n) is 12.6. The molecule has 0 spiro atoms. The van der Waals surface area contributed by atoms with Crippen molar-refractivity contribution in [2.45, 2.75) is 50.9 Å².